The van der Waals surface area contributed by atoms with Crippen LogP contribution in [0, 0.1) is 5.92 Å². The summed E-state index contributed by atoms with van der Waals surface area (Å²) in [4.78, 5) is 38.4. The van der Waals surface area contributed by atoms with Crippen LogP contribution in [-0.2, 0) is 19.1 Å². The molecule has 30 heavy (non-hydrogen) atoms. The van der Waals surface area contributed by atoms with Gasteiger partial charge < -0.3 is 24.8 Å². The van der Waals surface area contributed by atoms with Gasteiger partial charge >= 0.3 is 5.97 Å². The lowest BCUT2D eigenvalue weighted by Crippen LogP contribution is -2.46. The minimum Gasteiger partial charge on any atom is -0.497 e. The number of carbonyl (C=O) groups is 3. The first-order chi connectivity index (χ1) is 14.4. The molecule has 0 bridgehead atoms. The topological polar surface area (TPSA) is 108 Å². The van der Waals surface area contributed by atoms with Crippen LogP contribution in [0.5, 0.6) is 11.5 Å². The zero-order chi connectivity index (χ0) is 21.7. The van der Waals surface area contributed by atoms with Gasteiger partial charge in [-0.15, -0.1) is 0 Å². The number of amides is 2. The maximum Gasteiger partial charge on any atom is 0.311 e. The summed E-state index contributed by atoms with van der Waals surface area (Å²) >= 11 is 0. The summed E-state index contributed by atoms with van der Waals surface area (Å²) in [6.07, 6.45) is 0.481. The molecule has 3 rings (SSSR count). The van der Waals surface area contributed by atoms with Crippen LogP contribution in [0.1, 0.15) is 24.4 Å². The van der Waals surface area contributed by atoms with E-state index in [9.17, 15) is 14.4 Å². The van der Waals surface area contributed by atoms with E-state index in [4.69, 9.17) is 19.9 Å². The second kappa shape index (κ2) is 9.30. The molecule has 1 saturated heterocycles. The Bertz CT molecular complexity index is 910. The van der Waals surface area contributed by atoms with Crippen LogP contribution in [-0.4, -0.2) is 38.6 Å². The molecule has 0 spiro atoms. The highest BCUT2D eigenvalue weighted by Gasteiger charge is 2.42. The van der Waals surface area contributed by atoms with Crippen molar-refractivity contribution in [3.63, 3.8) is 0 Å². The summed E-state index contributed by atoms with van der Waals surface area (Å²) in [6.45, 7) is -0.499. The molecule has 8 nitrogen and oxygen atoms in total. The van der Waals surface area contributed by atoms with Crippen molar-refractivity contribution in [3.05, 3.63) is 54.1 Å². The first kappa shape index (κ1) is 21.2. The predicted molar refractivity (Wildman–Crippen MR) is 109 cm³/mol. The van der Waals surface area contributed by atoms with Crippen LogP contribution in [0.2, 0.25) is 0 Å². The fourth-order valence-electron chi connectivity index (χ4n) is 3.62. The number of nitrogens with zero attached hydrogens (tertiary/aromatic N) is 1. The number of anilines is 1. The monoisotopic (exact) mass is 412 g/mol. The lowest BCUT2D eigenvalue weighted by molar-refractivity contribution is -0.154. The summed E-state index contributed by atoms with van der Waals surface area (Å²) in [6, 6.07) is 13.6. The number of hydrogen-bond donors (Lipinski definition) is 1. The Kier molecular flexibility index (Phi) is 6.56. The number of ether oxygens (including phenoxy) is 3. The molecule has 2 atom stereocenters. The second-order valence-corrected chi connectivity index (χ2v) is 6.90. The fraction of sp³-hybridized carbons (Fsp3) is 0.318. The Morgan fingerprint density at radius 1 is 1.00 bits per heavy atom. The van der Waals surface area contributed by atoms with E-state index in [1.165, 1.54) is 0 Å². The van der Waals surface area contributed by atoms with Crippen molar-refractivity contribution in [3.8, 4) is 11.5 Å². The van der Waals surface area contributed by atoms with E-state index in [-0.39, 0.29) is 12.3 Å². The molecule has 0 unspecified atom stereocenters. The molecule has 2 N–H and O–H groups in total. The van der Waals surface area contributed by atoms with Crippen LogP contribution in [0.4, 0.5) is 5.69 Å². The van der Waals surface area contributed by atoms with Gasteiger partial charge in [0.2, 0.25) is 5.91 Å². The number of methoxy groups -OCH3 is 2. The molecule has 0 radical (unpaired) electrons. The second-order valence-electron chi connectivity index (χ2n) is 6.90. The smallest absolute Gasteiger partial charge is 0.311 e. The Balaban J connectivity index is 2.02. The van der Waals surface area contributed by atoms with Crippen LogP contribution in [0.25, 0.3) is 0 Å². The van der Waals surface area contributed by atoms with E-state index >= 15 is 0 Å². The summed E-state index contributed by atoms with van der Waals surface area (Å²) in [5, 5.41) is 0. The van der Waals surface area contributed by atoms with E-state index < -0.39 is 30.4 Å². The zero-order valence-electron chi connectivity index (χ0n) is 16.9. The van der Waals surface area contributed by atoms with Gasteiger partial charge in [-0.05, 0) is 48.4 Å². The maximum atomic E-state index is 12.9. The molecule has 8 heteroatoms. The summed E-state index contributed by atoms with van der Waals surface area (Å²) in [5.41, 5.74) is 6.49. The normalized spacial score (nSPS) is 18.6. The number of nitrogens with two attached hydrogens (primary N) is 1. The van der Waals surface area contributed by atoms with Gasteiger partial charge in [-0.2, -0.15) is 0 Å². The quantitative estimate of drug-likeness (QED) is 0.699. The van der Waals surface area contributed by atoms with Gasteiger partial charge in [0.25, 0.3) is 5.91 Å². The van der Waals surface area contributed by atoms with Gasteiger partial charge in [0.15, 0.2) is 6.61 Å². The number of rotatable bonds is 7. The SMILES string of the molecule is COc1ccc([C@@H]2[C@@H](C(=O)OCC(N)=O)CCC(=O)N2c2ccc(OC)cc2)cc1. The molecule has 1 fully saturated rings. The molecule has 2 aromatic rings. The van der Waals surface area contributed by atoms with Gasteiger partial charge in [-0.3, -0.25) is 14.4 Å². The van der Waals surface area contributed by atoms with Gasteiger partial charge in [0, 0.05) is 12.1 Å². The highest BCUT2D eigenvalue weighted by atomic mass is 16.5. The van der Waals surface area contributed by atoms with Crippen molar-refractivity contribution >= 4 is 23.5 Å². The highest BCUT2D eigenvalue weighted by Crippen LogP contribution is 2.41. The summed E-state index contributed by atoms with van der Waals surface area (Å²) in [7, 11) is 3.12. The average molecular weight is 412 g/mol. The molecule has 1 aliphatic rings. The number of piperidine rings is 1. The molecule has 1 aliphatic heterocycles. The lowest BCUT2D eigenvalue weighted by atomic mass is 9.83. The molecule has 158 valence electrons. The van der Waals surface area contributed by atoms with Gasteiger partial charge in [-0.1, -0.05) is 12.1 Å². The first-order valence-corrected chi connectivity index (χ1v) is 9.49. The van der Waals surface area contributed by atoms with Crippen molar-refractivity contribution in [2.24, 2.45) is 11.7 Å². The van der Waals surface area contributed by atoms with E-state index in [1.807, 2.05) is 12.1 Å². The van der Waals surface area contributed by atoms with E-state index in [1.54, 1.807) is 55.5 Å². The molecule has 2 amide bonds. The van der Waals surface area contributed by atoms with Crippen molar-refractivity contribution < 1.29 is 28.6 Å². The molecule has 0 aliphatic carbocycles. The van der Waals surface area contributed by atoms with Crippen LogP contribution in [0.3, 0.4) is 0 Å². The Hall–Kier alpha value is -3.55. The third-order valence-corrected chi connectivity index (χ3v) is 5.06. The van der Waals surface area contributed by atoms with Crippen molar-refractivity contribution in [2.75, 3.05) is 25.7 Å². The van der Waals surface area contributed by atoms with Gasteiger partial charge in [0.05, 0.1) is 26.2 Å². The minimum absolute atomic E-state index is 0.111. The number of esters is 1. The molecule has 1 heterocycles. The maximum absolute atomic E-state index is 12.9. The molecule has 0 saturated carbocycles. The van der Waals surface area contributed by atoms with Crippen molar-refractivity contribution in [1.29, 1.82) is 0 Å². The number of carbonyl (C=O) groups excluding carboxylic acids is 3. The Labute approximate surface area is 174 Å². The Morgan fingerprint density at radius 3 is 2.10 bits per heavy atom. The predicted octanol–water partition coefficient (Wildman–Crippen LogP) is 2.22. The van der Waals surface area contributed by atoms with Crippen molar-refractivity contribution in [1.82, 2.24) is 0 Å². The number of primary amides is 1. The summed E-state index contributed by atoms with van der Waals surface area (Å²) in [5.74, 6) is -0.757. The molecular weight excluding hydrogens is 388 g/mol. The lowest BCUT2D eigenvalue weighted by Gasteiger charge is -2.40. The fourth-order valence-corrected chi connectivity index (χ4v) is 3.62. The van der Waals surface area contributed by atoms with E-state index in [0.29, 0.717) is 23.6 Å². The van der Waals surface area contributed by atoms with Crippen LogP contribution < -0.4 is 20.1 Å². The average Bonchev–Trinajstić information content (AvgIpc) is 2.77. The third-order valence-electron chi connectivity index (χ3n) is 5.06. The van der Waals surface area contributed by atoms with Crippen LogP contribution >= 0.6 is 0 Å². The molecule has 0 aromatic heterocycles. The Morgan fingerprint density at radius 2 is 1.57 bits per heavy atom. The van der Waals surface area contributed by atoms with Crippen LogP contribution in [0.15, 0.2) is 48.5 Å². The minimum atomic E-state index is -0.733. The standard InChI is InChI=1S/C22H24N2O6/c1-28-16-7-3-14(4-8-16)21-18(22(27)30-13-19(23)25)11-12-20(26)24(21)15-5-9-17(29-2)10-6-15/h3-10,18,21H,11-13H2,1-2H3,(H2,23,25)/t18-,21+/m0/s1. The van der Waals surface area contributed by atoms with Crippen molar-refractivity contribution in [2.45, 2.75) is 18.9 Å². The third kappa shape index (κ3) is 4.53. The molecular formula is C22H24N2O6. The first-order valence-electron chi connectivity index (χ1n) is 9.49. The van der Waals surface area contributed by atoms with Gasteiger partial charge in [0.1, 0.15) is 11.5 Å². The molecule has 2 aromatic carbocycles. The summed E-state index contributed by atoms with van der Waals surface area (Å²) < 4.78 is 15.5. The van der Waals surface area contributed by atoms with Gasteiger partial charge in [-0.25, -0.2) is 0 Å². The largest absolute Gasteiger partial charge is 0.497 e. The number of hydrogen-bond acceptors (Lipinski definition) is 6. The highest BCUT2D eigenvalue weighted by molar-refractivity contribution is 5.97. The number of benzene rings is 2. The van der Waals surface area contributed by atoms with E-state index in [0.717, 1.165) is 5.56 Å². The van der Waals surface area contributed by atoms with E-state index in [2.05, 4.69) is 0 Å². The zero-order valence-corrected chi connectivity index (χ0v) is 16.9.